The van der Waals surface area contributed by atoms with Crippen molar-refractivity contribution < 1.29 is 28.5 Å². The molecule has 0 fully saturated rings. The van der Waals surface area contributed by atoms with Gasteiger partial charge in [0.25, 0.3) is 0 Å². The first kappa shape index (κ1) is 29.0. The summed E-state index contributed by atoms with van der Waals surface area (Å²) in [5.74, 6) is 0.869. The van der Waals surface area contributed by atoms with Crippen molar-refractivity contribution in [2.45, 2.75) is 104 Å². The maximum Gasteiger partial charge on any atom is 0.335 e. The van der Waals surface area contributed by atoms with Gasteiger partial charge in [-0.25, -0.2) is 4.79 Å². The summed E-state index contributed by atoms with van der Waals surface area (Å²) in [6, 6.07) is 5.16. The lowest BCUT2D eigenvalue weighted by molar-refractivity contribution is -0.128. The normalized spacial score (nSPS) is 12.9. The summed E-state index contributed by atoms with van der Waals surface area (Å²) in [5, 5.41) is 0. The Morgan fingerprint density at radius 3 is 1.42 bits per heavy atom. The molecule has 0 aliphatic heterocycles. The molecule has 0 radical (unpaired) electrons. The average Bonchev–Trinajstić information content (AvgIpc) is 2.57. The molecule has 6 nitrogen and oxygen atoms in total. The summed E-state index contributed by atoms with van der Waals surface area (Å²) < 4.78 is 29.6. The fraction of sp³-hybridized carbons (Fsp3) is 0.667. The standard InChI is InChI=1S/C27H44O6/c1-12-23(28)31-20-17-21(32-26(8,9)13-15-29-24(2,3)4)19-22(18-20)33-27(10,11)14-16-30-25(5,6)7/h12,17-19H,1,13-16H2,2-11H3. The third kappa shape index (κ3) is 13.3. The van der Waals surface area contributed by atoms with Crippen LogP contribution in [0.3, 0.4) is 0 Å². The van der Waals surface area contributed by atoms with Crippen LogP contribution in [-0.4, -0.2) is 41.6 Å². The van der Waals surface area contributed by atoms with Gasteiger partial charge in [0.05, 0.1) is 24.4 Å². The number of carbonyl (C=O) groups is 1. The molecule has 0 atom stereocenters. The minimum atomic E-state index is -0.547. The van der Waals surface area contributed by atoms with E-state index in [4.69, 9.17) is 23.7 Å². The Balaban J connectivity index is 3.01. The van der Waals surface area contributed by atoms with Gasteiger partial charge in [0, 0.05) is 37.1 Å². The second-order valence-corrected chi connectivity index (χ2v) is 11.4. The summed E-state index contributed by atoms with van der Waals surface area (Å²) in [5.41, 5.74) is -1.42. The van der Waals surface area contributed by atoms with Crippen molar-refractivity contribution in [1.29, 1.82) is 0 Å². The molecule has 0 aliphatic carbocycles. The molecule has 0 aromatic heterocycles. The van der Waals surface area contributed by atoms with Crippen LogP contribution in [0.15, 0.2) is 30.9 Å². The van der Waals surface area contributed by atoms with Crippen molar-refractivity contribution >= 4 is 5.97 Å². The van der Waals surface area contributed by atoms with Crippen LogP contribution in [0.2, 0.25) is 0 Å². The second-order valence-electron chi connectivity index (χ2n) is 11.4. The molecular formula is C27H44O6. The number of esters is 1. The molecule has 1 aromatic rings. The fourth-order valence-corrected chi connectivity index (χ4v) is 2.83. The Morgan fingerprint density at radius 2 is 1.09 bits per heavy atom. The highest BCUT2D eigenvalue weighted by atomic mass is 16.5. The molecule has 0 saturated heterocycles. The van der Waals surface area contributed by atoms with E-state index in [2.05, 4.69) is 6.58 Å². The summed E-state index contributed by atoms with van der Waals surface area (Å²) >= 11 is 0. The molecule has 0 N–H and O–H groups in total. The van der Waals surface area contributed by atoms with E-state index < -0.39 is 17.2 Å². The van der Waals surface area contributed by atoms with Gasteiger partial charge < -0.3 is 23.7 Å². The summed E-state index contributed by atoms with van der Waals surface area (Å²) in [6.45, 7) is 24.7. The summed E-state index contributed by atoms with van der Waals surface area (Å²) in [6.07, 6.45) is 2.50. The highest BCUT2D eigenvalue weighted by molar-refractivity contribution is 5.83. The molecule has 0 amide bonds. The molecule has 1 rings (SSSR count). The predicted octanol–water partition coefficient (Wildman–Crippen LogP) is 6.50. The third-order valence-corrected chi connectivity index (χ3v) is 4.51. The zero-order valence-electron chi connectivity index (χ0n) is 22.3. The first-order chi connectivity index (χ1) is 14.9. The van der Waals surface area contributed by atoms with E-state index in [-0.39, 0.29) is 11.2 Å². The number of ether oxygens (including phenoxy) is 5. The molecule has 0 spiro atoms. The SMILES string of the molecule is C=CC(=O)Oc1cc(OC(C)(C)CCOC(C)(C)C)cc(OC(C)(C)CCOC(C)(C)C)c1. The highest BCUT2D eigenvalue weighted by Gasteiger charge is 2.25. The summed E-state index contributed by atoms with van der Waals surface area (Å²) in [7, 11) is 0. The molecule has 188 valence electrons. The molecule has 6 heteroatoms. The van der Waals surface area contributed by atoms with Gasteiger partial charge >= 0.3 is 5.97 Å². The van der Waals surface area contributed by atoms with Crippen LogP contribution in [0.1, 0.15) is 82.1 Å². The van der Waals surface area contributed by atoms with Crippen molar-refractivity contribution in [3.8, 4) is 17.2 Å². The molecule has 0 heterocycles. The Labute approximate surface area is 200 Å². The van der Waals surface area contributed by atoms with Crippen molar-refractivity contribution in [2.24, 2.45) is 0 Å². The third-order valence-electron chi connectivity index (χ3n) is 4.51. The minimum absolute atomic E-state index is 0.210. The van der Waals surface area contributed by atoms with Gasteiger partial charge in [-0.2, -0.15) is 0 Å². The summed E-state index contributed by atoms with van der Waals surface area (Å²) in [4.78, 5) is 11.8. The van der Waals surface area contributed by atoms with Crippen molar-refractivity contribution in [3.05, 3.63) is 30.9 Å². The predicted molar refractivity (Wildman–Crippen MR) is 132 cm³/mol. The topological polar surface area (TPSA) is 63.2 Å². The van der Waals surface area contributed by atoms with E-state index in [0.29, 0.717) is 43.3 Å². The maximum absolute atomic E-state index is 11.8. The van der Waals surface area contributed by atoms with E-state index in [1.54, 1.807) is 12.1 Å². The van der Waals surface area contributed by atoms with Crippen LogP contribution in [0.4, 0.5) is 0 Å². The van der Waals surface area contributed by atoms with Crippen molar-refractivity contribution in [2.75, 3.05) is 13.2 Å². The van der Waals surface area contributed by atoms with Crippen molar-refractivity contribution in [3.63, 3.8) is 0 Å². The van der Waals surface area contributed by atoms with Gasteiger partial charge in [-0.15, -0.1) is 0 Å². The Morgan fingerprint density at radius 1 is 0.727 bits per heavy atom. The minimum Gasteiger partial charge on any atom is -0.487 e. The number of benzene rings is 1. The van der Waals surface area contributed by atoms with Crippen LogP contribution >= 0.6 is 0 Å². The zero-order chi connectivity index (χ0) is 25.5. The zero-order valence-corrected chi connectivity index (χ0v) is 22.3. The lowest BCUT2D eigenvalue weighted by Gasteiger charge is -2.30. The molecule has 0 saturated carbocycles. The monoisotopic (exact) mass is 464 g/mol. The van der Waals surface area contributed by atoms with Gasteiger partial charge in [0.1, 0.15) is 28.5 Å². The molecule has 0 unspecified atom stereocenters. The molecule has 0 bridgehead atoms. The van der Waals surface area contributed by atoms with Gasteiger partial charge in [-0.3, -0.25) is 0 Å². The van der Waals surface area contributed by atoms with E-state index in [1.807, 2.05) is 75.3 Å². The first-order valence-corrected chi connectivity index (χ1v) is 11.6. The van der Waals surface area contributed by atoms with Gasteiger partial charge in [-0.05, 0) is 69.2 Å². The van der Waals surface area contributed by atoms with E-state index in [0.717, 1.165) is 6.08 Å². The van der Waals surface area contributed by atoms with E-state index in [1.165, 1.54) is 0 Å². The Bertz CT molecular complexity index is 729. The van der Waals surface area contributed by atoms with Crippen LogP contribution < -0.4 is 14.2 Å². The van der Waals surface area contributed by atoms with Gasteiger partial charge in [-0.1, -0.05) is 6.58 Å². The first-order valence-electron chi connectivity index (χ1n) is 11.6. The lowest BCUT2D eigenvalue weighted by atomic mass is 10.0. The lowest BCUT2D eigenvalue weighted by Crippen LogP contribution is -2.32. The Hall–Kier alpha value is -2.05. The van der Waals surface area contributed by atoms with Crippen LogP contribution in [0.25, 0.3) is 0 Å². The van der Waals surface area contributed by atoms with Crippen LogP contribution in [0, 0.1) is 0 Å². The molecule has 0 aliphatic rings. The molecule has 1 aromatic carbocycles. The van der Waals surface area contributed by atoms with Crippen LogP contribution in [-0.2, 0) is 14.3 Å². The quantitative estimate of drug-likeness (QED) is 0.200. The second kappa shape index (κ2) is 11.4. The smallest absolute Gasteiger partial charge is 0.335 e. The largest absolute Gasteiger partial charge is 0.487 e. The van der Waals surface area contributed by atoms with E-state index >= 15 is 0 Å². The van der Waals surface area contributed by atoms with Gasteiger partial charge in [0.15, 0.2) is 0 Å². The van der Waals surface area contributed by atoms with Crippen molar-refractivity contribution in [1.82, 2.24) is 0 Å². The number of hydrogen-bond donors (Lipinski definition) is 0. The van der Waals surface area contributed by atoms with Crippen LogP contribution in [0.5, 0.6) is 17.2 Å². The number of rotatable bonds is 12. The average molecular weight is 465 g/mol. The number of carbonyl (C=O) groups excluding carboxylic acids is 1. The van der Waals surface area contributed by atoms with Gasteiger partial charge in [0.2, 0.25) is 0 Å². The Kier molecular flexibility index (Phi) is 10.0. The molecular weight excluding hydrogens is 420 g/mol. The molecule has 33 heavy (non-hydrogen) atoms. The highest BCUT2D eigenvalue weighted by Crippen LogP contribution is 2.33. The fourth-order valence-electron chi connectivity index (χ4n) is 2.83. The number of hydrogen-bond acceptors (Lipinski definition) is 6. The maximum atomic E-state index is 11.8. The van der Waals surface area contributed by atoms with E-state index in [9.17, 15) is 4.79 Å².